The van der Waals surface area contributed by atoms with Crippen LogP contribution in [0.2, 0.25) is 10.0 Å². The number of methoxy groups -OCH3 is 1. The summed E-state index contributed by atoms with van der Waals surface area (Å²) >= 11 is 12.3. The largest absolute Gasteiger partial charge is 0.493 e. The van der Waals surface area contributed by atoms with Crippen LogP contribution in [-0.2, 0) is 0 Å². The summed E-state index contributed by atoms with van der Waals surface area (Å²) in [6.45, 7) is 0. The summed E-state index contributed by atoms with van der Waals surface area (Å²) in [7, 11) is 1.46. The summed E-state index contributed by atoms with van der Waals surface area (Å²) in [6.07, 6.45) is 1.46. The van der Waals surface area contributed by atoms with Crippen molar-refractivity contribution in [3.63, 3.8) is 0 Å². The molecule has 5 rings (SSSR count). The minimum Gasteiger partial charge on any atom is -0.493 e. The highest BCUT2D eigenvalue weighted by Crippen LogP contribution is 2.34. The van der Waals surface area contributed by atoms with Gasteiger partial charge >= 0.3 is 5.97 Å². The van der Waals surface area contributed by atoms with Crippen LogP contribution in [-0.4, -0.2) is 30.2 Å². The number of carbonyl (C=O) groups is 2. The zero-order chi connectivity index (χ0) is 27.4. The number of hydrogen-bond donors (Lipinski definition) is 2. The lowest BCUT2D eigenvalue weighted by Gasteiger charge is -2.10. The van der Waals surface area contributed by atoms with Gasteiger partial charge in [0.25, 0.3) is 5.91 Å². The van der Waals surface area contributed by atoms with Gasteiger partial charge in [0, 0.05) is 21.5 Å². The number of esters is 1. The molecule has 4 aromatic carbocycles. The van der Waals surface area contributed by atoms with Crippen LogP contribution in [0.15, 0.2) is 96.1 Å². The highest BCUT2D eigenvalue weighted by molar-refractivity contribution is 6.33. The SMILES string of the molecule is COc1cc(C=NNC(=O)c2[nH]c3ccc(Cl)cc3c2-c2ccccc2)ccc1OC(=O)c1ccccc1Cl. The van der Waals surface area contributed by atoms with Crippen molar-refractivity contribution in [2.75, 3.05) is 7.11 Å². The van der Waals surface area contributed by atoms with E-state index in [2.05, 4.69) is 15.5 Å². The third kappa shape index (κ3) is 5.65. The summed E-state index contributed by atoms with van der Waals surface area (Å²) in [5.74, 6) is -0.506. The molecule has 39 heavy (non-hydrogen) atoms. The second-order valence-corrected chi connectivity index (χ2v) is 9.25. The molecule has 194 valence electrons. The van der Waals surface area contributed by atoms with Gasteiger partial charge in [0.1, 0.15) is 5.69 Å². The Kier molecular flexibility index (Phi) is 7.63. The summed E-state index contributed by atoms with van der Waals surface area (Å²) in [6, 6.07) is 26.5. The van der Waals surface area contributed by atoms with E-state index in [1.807, 2.05) is 42.5 Å². The van der Waals surface area contributed by atoms with Gasteiger partial charge in [0.05, 0.1) is 23.9 Å². The Bertz CT molecular complexity index is 1710. The summed E-state index contributed by atoms with van der Waals surface area (Å²) in [5.41, 5.74) is 6.15. The van der Waals surface area contributed by atoms with Gasteiger partial charge in [0.2, 0.25) is 0 Å². The molecule has 0 saturated heterocycles. The van der Waals surface area contributed by atoms with Crippen molar-refractivity contribution in [2.24, 2.45) is 5.10 Å². The van der Waals surface area contributed by atoms with E-state index < -0.39 is 11.9 Å². The molecule has 2 N–H and O–H groups in total. The lowest BCUT2D eigenvalue weighted by Crippen LogP contribution is -2.18. The molecule has 0 unspecified atom stereocenters. The van der Waals surface area contributed by atoms with Crippen LogP contribution in [0.1, 0.15) is 26.4 Å². The molecule has 1 aromatic heterocycles. The highest BCUT2D eigenvalue weighted by Gasteiger charge is 2.19. The van der Waals surface area contributed by atoms with E-state index in [1.165, 1.54) is 13.3 Å². The number of H-pyrrole nitrogens is 1. The van der Waals surface area contributed by atoms with Crippen LogP contribution in [0.5, 0.6) is 11.5 Å². The second kappa shape index (κ2) is 11.4. The van der Waals surface area contributed by atoms with Gasteiger partial charge in [-0.3, -0.25) is 4.79 Å². The number of hydrazone groups is 1. The molecule has 7 nitrogen and oxygen atoms in total. The zero-order valence-corrected chi connectivity index (χ0v) is 22.1. The van der Waals surface area contributed by atoms with Gasteiger partial charge in [-0.15, -0.1) is 0 Å². The number of ether oxygens (including phenoxy) is 2. The molecule has 5 aromatic rings. The van der Waals surface area contributed by atoms with Crippen molar-refractivity contribution in [3.8, 4) is 22.6 Å². The number of rotatable bonds is 7. The minimum atomic E-state index is -0.610. The van der Waals surface area contributed by atoms with E-state index in [9.17, 15) is 9.59 Å². The Morgan fingerprint density at radius 1 is 0.897 bits per heavy atom. The van der Waals surface area contributed by atoms with E-state index in [0.29, 0.717) is 22.0 Å². The average Bonchev–Trinajstić information content (AvgIpc) is 3.33. The predicted molar refractivity (Wildman–Crippen MR) is 153 cm³/mol. The monoisotopic (exact) mass is 557 g/mol. The van der Waals surface area contributed by atoms with E-state index in [-0.39, 0.29) is 16.3 Å². The fourth-order valence-electron chi connectivity index (χ4n) is 4.09. The molecule has 0 spiro atoms. The van der Waals surface area contributed by atoms with Gasteiger partial charge in [-0.1, -0.05) is 65.7 Å². The standard InChI is InChI=1S/C30H21Cl2N3O4/c1-38-26-15-18(11-14-25(26)39-30(37)21-9-5-6-10-23(21)32)17-33-35-29(36)28-27(19-7-3-2-4-8-19)22-16-20(31)12-13-24(22)34-28/h2-17,34H,1H3,(H,35,36). The van der Waals surface area contributed by atoms with Gasteiger partial charge in [-0.05, 0) is 59.7 Å². The Hall–Kier alpha value is -4.59. The molecule has 0 aliphatic carbocycles. The predicted octanol–water partition coefficient (Wildman–Crippen LogP) is 7.13. The average molecular weight is 558 g/mol. The molecule has 1 heterocycles. The van der Waals surface area contributed by atoms with Crippen LogP contribution >= 0.6 is 23.2 Å². The third-order valence-electron chi connectivity index (χ3n) is 5.91. The van der Waals surface area contributed by atoms with E-state index in [1.54, 1.807) is 48.5 Å². The maximum atomic E-state index is 13.2. The molecule has 0 aliphatic rings. The topological polar surface area (TPSA) is 92.8 Å². The van der Waals surface area contributed by atoms with Gasteiger partial charge in [-0.2, -0.15) is 5.10 Å². The molecule has 0 atom stereocenters. The van der Waals surface area contributed by atoms with Crippen molar-refractivity contribution in [2.45, 2.75) is 0 Å². The molecule has 0 saturated carbocycles. The molecule has 0 fully saturated rings. The number of nitrogens with zero attached hydrogens (tertiary/aromatic N) is 1. The summed E-state index contributed by atoms with van der Waals surface area (Å²) < 4.78 is 10.9. The van der Waals surface area contributed by atoms with Crippen molar-refractivity contribution in [1.82, 2.24) is 10.4 Å². The number of aromatic amines is 1. The Labute approximate surface area is 234 Å². The van der Waals surface area contributed by atoms with Crippen LogP contribution < -0.4 is 14.9 Å². The zero-order valence-electron chi connectivity index (χ0n) is 20.6. The number of aromatic nitrogens is 1. The first-order chi connectivity index (χ1) is 18.9. The number of carbonyl (C=O) groups excluding carboxylic acids is 2. The van der Waals surface area contributed by atoms with Gasteiger partial charge in [-0.25, -0.2) is 10.2 Å². The smallest absolute Gasteiger partial charge is 0.345 e. The van der Waals surface area contributed by atoms with E-state index >= 15 is 0 Å². The summed E-state index contributed by atoms with van der Waals surface area (Å²) in [5, 5.41) is 5.80. The van der Waals surface area contributed by atoms with Gasteiger partial charge < -0.3 is 14.5 Å². The van der Waals surface area contributed by atoms with E-state index in [0.717, 1.165) is 22.0 Å². The number of hydrogen-bond acceptors (Lipinski definition) is 5. The first-order valence-electron chi connectivity index (χ1n) is 11.8. The van der Waals surface area contributed by atoms with Crippen molar-refractivity contribution < 1.29 is 19.1 Å². The first kappa shape index (κ1) is 26.0. The highest BCUT2D eigenvalue weighted by atomic mass is 35.5. The number of nitrogens with one attached hydrogen (secondary N) is 2. The minimum absolute atomic E-state index is 0.216. The Balaban J connectivity index is 1.35. The Morgan fingerprint density at radius 3 is 2.44 bits per heavy atom. The second-order valence-electron chi connectivity index (χ2n) is 8.41. The molecular weight excluding hydrogens is 537 g/mol. The van der Waals surface area contributed by atoms with Crippen molar-refractivity contribution >= 4 is 52.2 Å². The van der Waals surface area contributed by atoms with Gasteiger partial charge in [0.15, 0.2) is 11.5 Å². The fraction of sp³-hybridized carbons (Fsp3) is 0.0333. The lowest BCUT2D eigenvalue weighted by atomic mass is 10.0. The van der Waals surface area contributed by atoms with Crippen molar-refractivity contribution in [1.29, 1.82) is 0 Å². The number of fused-ring (bicyclic) bond motifs is 1. The molecule has 1 amide bonds. The molecule has 0 radical (unpaired) electrons. The molecule has 0 aliphatic heterocycles. The number of benzene rings is 4. The third-order valence-corrected chi connectivity index (χ3v) is 6.48. The molecular formula is C30H21Cl2N3O4. The maximum Gasteiger partial charge on any atom is 0.345 e. The normalized spacial score (nSPS) is 11.1. The lowest BCUT2D eigenvalue weighted by molar-refractivity contribution is 0.0729. The van der Waals surface area contributed by atoms with Crippen LogP contribution in [0, 0.1) is 0 Å². The van der Waals surface area contributed by atoms with E-state index in [4.69, 9.17) is 32.7 Å². The van der Waals surface area contributed by atoms with Crippen LogP contribution in [0.3, 0.4) is 0 Å². The van der Waals surface area contributed by atoms with Crippen LogP contribution in [0.25, 0.3) is 22.0 Å². The van der Waals surface area contributed by atoms with Crippen LogP contribution in [0.4, 0.5) is 0 Å². The number of halogens is 2. The number of amides is 1. The summed E-state index contributed by atoms with van der Waals surface area (Å²) in [4.78, 5) is 28.9. The first-order valence-corrected chi connectivity index (χ1v) is 12.5. The quantitative estimate of drug-likeness (QED) is 0.0962. The maximum absolute atomic E-state index is 13.2. The Morgan fingerprint density at radius 2 is 1.67 bits per heavy atom. The van der Waals surface area contributed by atoms with Crippen molar-refractivity contribution in [3.05, 3.63) is 118 Å². The molecule has 0 bridgehead atoms. The molecule has 9 heteroatoms. The fourth-order valence-corrected chi connectivity index (χ4v) is 4.48.